The third kappa shape index (κ3) is 7.90. The second-order valence-corrected chi connectivity index (χ2v) is 13.3. The molecule has 4 rings (SSSR count). The van der Waals surface area contributed by atoms with Crippen LogP contribution in [0.2, 0.25) is 5.02 Å². The fourth-order valence-electron chi connectivity index (χ4n) is 5.15. The fraction of sp³-hybridized carbons (Fsp3) is 0.394. The SMILES string of the molecule is Cc1nn2c(=O)n(Cc3ccccc3)c(C(C(C)C)N(CCCNC(=O)OC(C)(C)C)C(=O)c3ccc(Cl)cc3)cc2c1Br. The average molecular weight is 685 g/mol. The lowest BCUT2D eigenvalue weighted by molar-refractivity contribution is 0.0520. The molecule has 4 aromatic rings. The molecule has 9 nitrogen and oxygen atoms in total. The molecule has 2 heterocycles. The van der Waals surface area contributed by atoms with Crippen molar-refractivity contribution in [1.29, 1.82) is 0 Å². The predicted molar refractivity (Wildman–Crippen MR) is 176 cm³/mol. The molecular formula is C33H39BrClN5O4. The molecule has 0 saturated carbocycles. The summed E-state index contributed by atoms with van der Waals surface area (Å²) in [6.45, 7) is 12.2. The van der Waals surface area contributed by atoms with Crippen molar-refractivity contribution in [2.24, 2.45) is 5.92 Å². The van der Waals surface area contributed by atoms with Gasteiger partial charge in [-0.15, -0.1) is 0 Å². The minimum absolute atomic E-state index is 0.0864. The first-order valence-corrected chi connectivity index (χ1v) is 15.8. The van der Waals surface area contributed by atoms with Gasteiger partial charge in [0.1, 0.15) is 5.60 Å². The number of alkyl carbamates (subject to hydrolysis) is 1. The number of hydrogen-bond acceptors (Lipinski definition) is 5. The molecule has 0 spiro atoms. The summed E-state index contributed by atoms with van der Waals surface area (Å²) >= 11 is 9.76. The molecule has 0 aliphatic heterocycles. The van der Waals surface area contributed by atoms with Crippen LogP contribution in [0, 0.1) is 12.8 Å². The Labute approximate surface area is 271 Å². The summed E-state index contributed by atoms with van der Waals surface area (Å²) in [6, 6.07) is 17.9. The Morgan fingerprint density at radius 1 is 1.09 bits per heavy atom. The molecule has 0 bridgehead atoms. The molecule has 2 amide bonds. The minimum atomic E-state index is -0.620. The number of carbonyl (C=O) groups excluding carboxylic acids is 2. The maximum atomic E-state index is 14.2. The van der Waals surface area contributed by atoms with Gasteiger partial charge in [0.05, 0.1) is 28.3 Å². The Hall–Kier alpha value is -3.63. The normalized spacial score (nSPS) is 12.4. The number of amides is 2. The van der Waals surface area contributed by atoms with E-state index < -0.39 is 17.7 Å². The zero-order chi connectivity index (χ0) is 32.2. The Morgan fingerprint density at radius 3 is 2.36 bits per heavy atom. The van der Waals surface area contributed by atoms with Crippen molar-refractivity contribution in [3.63, 3.8) is 0 Å². The molecule has 234 valence electrons. The first-order valence-electron chi connectivity index (χ1n) is 14.6. The molecular weight excluding hydrogens is 646 g/mol. The van der Waals surface area contributed by atoms with Crippen LogP contribution in [0.15, 0.2) is 69.9 Å². The van der Waals surface area contributed by atoms with Gasteiger partial charge in [-0.2, -0.15) is 9.61 Å². The summed E-state index contributed by atoms with van der Waals surface area (Å²) in [5, 5.41) is 7.80. The Morgan fingerprint density at radius 2 is 1.75 bits per heavy atom. The summed E-state index contributed by atoms with van der Waals surface area (Å²) in [5.74, 6) is -0.295. The highest BCUT2D eigenvalue weighted by Gasteiger charge is 2.32. The molecule has 0 fully saturated rings. The van der Waals surface area contributed by atoms with E-state index in [4.69, 9.17) is 16.3 Å². The van der Waals surface area contributed by atoms with E-state index in [1.54, 1.807) is 54.5 Å². The summed E-state index contributed by atoms with van der Waals surface area (Å²) in [6.07, 6.45) is -0.0563. The van der Waals surface area contributed by atoms with Crippen molar-refractivity contribution in [2.45, 2.75) is 66.2 Å². The van der Waals surface area contributed by atoms with Crippen molar-refractivity contribution in [1.82, 2.24) is 24.4 Å². The van der Waals surface area contributed by atoms with Crippen molar-refractivity contribution in [2.75, 3.05) is 13.1 Å². The van der Waals surface area contributed by atoms with Crippen molar-refractivity contribution < 1.29 is 14.3 Å². The van der Waals surface area contributed by atoms with Gasteiger partial charge in [-0.3, -0.25) is 9.36 Å². The lowest BCUT2D eigenvalue weighted by Crippen LogP contribution is -2.43. The van der Waals surface area contributed by atoms with Crippen molar-refractivity contribution in [3.05, 3.63) is 103 Å². The maximum absolute atomic E-state index is 14.2. The number of aryl methyl sites for hydroxylation is 1. The van der Waals surface area contributed by atoms with Crippen LogP contribution in [0.25, 0.3) is 5.52 Å². The van der Waals surface area contributed by atoms with E-state index >= 15 is 0 Å². The largest absolute Gasteiger partial charge is 0.444 e. The highest BCUT2D eigenvalue weighted by Crippen LogP contribution is 2.33. The monoisotopic (exact) mass is 683 g/mol. The second-order valence-electron chi connectivity index (χ2n) is 12.1. The molecule has 1 atom stereocenters. The number of nitrogens with one attached hydrogen (secondary N) is 1. The van der Waals surface area contributed by atoms with Gasteiger partial charge in [0.25, 0.3) is 5.91 Å². The molecule has 1 N–H and O–H groups in total. The van der Waals surface area contributed by atoms with Gasteiger partial charge in [0.15, 0.2) is 0 Å². The highest BCUT2D eigenvalue weighted by atomic mass is 79.9. The standard InChI is InChI=1S/C33H39BrClN5O4/c1-21(2)29(27-19-26-28(34)22(3)37-40(26)32(43)39(27)20-23-11-8-7-9-12-23)38(30(41)24-13-15-25(35)16-14-24)18-10-17-36-31(42)44-33(4,5)6/h7-9,11-16,19,21,29H,10,17-18,20H2,1-6H3,(H,36,42). The molecule has 11 heteroatoms. The molecule has 0 aliphatic carbocycles. The second kappa shape index (κ2) is 14.0. The number of fused-ring (bicyclic) bond motifs is 1. The third-order valence-electron chi connectivity index (χ3n) is 7.08. The minimum Gasteiger partial charge on any atom is -0.444 e. The molecule has 2 aromatic heterocycles. The van der Waals surface area contributed by atoms with Crippen LogP contribution in [-0.2, 0) is 11.3 Å². The summed E-state index contributed by atoms with van der Waals surface area (Å²) in [7, 11) is 0. The lowest BCUT2D eigenvalue weighted by Gasteiger charge is -2.36. The van der Waals surface area contributed by atoms with E-state index in [1.165, 1.54) is 4.52 Å². The van der Waals surface area contributed by atoms with E-state index in [9.17, 15) is 14.4 Å². The van der Waals surface area contributed by atoms with Crippen LogP contribution in [0.5, 0.6) is 0 Å². The van der Waals surface area contributed by atoms with E-state index in [-0.39, 0.29) is 17.5 Å². The van der Waals surface area contributed by atoms with E-state index in [0.29, 0.717) is 53.5 Å². The van der Waals surface area contributed by atoms with Crippen LogP contribution >= 0.6 is 27.5 Å². The molecule has 1 unspecified atom stereocenters. The fourth-order valence-corrected chi connectivity index (χ4v) is 5.64. The number of aromatic nitrogens is 3. The average Bonchev–Trinajstić information content (AvgIpc) is 3.24. The summed E-state index contributed by atoms with van der Waals surface area (Å²) < 4.78 is 9.20. The van der Waals surface area contributed by atoms with Gasteiger partial charge in [-0.1, -0.05) is 55.8 Å². The van der Waals surface area contributed by atoms with Crippen LogP contribution in [0.3, 0.4) is 0 Å². The highest BCUT2D eigenvalue weighted by molar-refractivity contribution is 9.10. The maximum Gasteiger partial charge on any atom is 0.407 e. The Kier molecular flexibility index (Phi) is 10.6. The quantitative estimate of drug-likeness (QED) is 0.181. The zero-order valence-electron chi connectivity index (χ0n) is 25.9. The number of hydrogen-bond donors (Lipinski definition) is 1. The van der Waals surface area contributed by atoms with Crippen LogP contribution in [0.4, 0.5) is 4.79 Å². The Bertz CT molecular complexity index is 1680. The van der Waals surface area contributed by atoms with Gasteiger partial charge in [-0.25, -0.2) is 9.59 Å². The number of carbonyl (C=O) groups is 2. The first kappa shape index (κ1) is 33.3. The van der Waals surface area contributed by atoms with Gasteiger partial charge in [0, 0.05) is 29.4 Å². The lowest BCUT2D eigenvalue weighted by atomic mass is 9.96. The van der Waals surface area contributed by atoms with Gasteiger partial charge in [-0.05, 0) is 91.9 Å². The predicted octanol–water partition coefficient (Wildman–Crippen LogP) is 7.02. The Balaban J connectivity index is 1.80. The smallest absolute Gasteiger partial charge is 0.407 e. The van der Waals surface area contributed by atoms with E-state index in [1.807, 2.05) is 57.2 Å². The molecule has 2 aromatic carbocycles. The third-order valence-corrected chi connectivity index (χ3v) is 8.31. The number of halogens is 2. The number of benzene rings is 2. The zero-order valence-corrected chi connectivity index (χ0v) is 28.3. The molecule has 0 radical (unpaired) electrons. The number of rotatable bonds is 10. The topological polar surface area (TPSA) is 97.9 Å². The molecule has 0 aliphatic rings. The van der Waals surface area contributed by atoms with Gasteiger partial charge < -0.3 is 15.0 Å². The summed E-state index contributed by atoms with van der Waals surface area (Å²) in [4.78, 5) is 42.4. The first-order chi connectivity index (χ1) is 20.8. The van der Waals surface area contributed by atoms with Crippen LogP contribution in [-0.4, -0.2) is 49.8 Å². The number of nitrogens with zero attached hydrogens (tertiary/aromatic N) is 4. The summed E-state index contributed by atoms with van der Waals surface area (Å²) in [5.41, 5.74) is 2.50. The van der Waals surface area contributed by atoms with Gasteiger partial charge in [0.2, 0.25) is 0 Å². The van der Waals surface area contributed by atoms with Crippen molar-refractivity contribution in [3.8, 4) is 0 Å². The van der Waals surface area contributed by atoms with E-state index in [0.717, 1.165) is 10.0 Å². The van der Waals surface area contributed by atoms with Gasteiger partial charge >= 0.3 is 11.8 Å². The number of ether oxygens (including phenoxy) is 1. The van der Waals surface area contributed by atoms with Crippen molar-refractivity contribution >= 4 is 45.0 Å². The molecule has 0 saturated heterocycles. The molecule has 44 heavy (non-hydrogen) atoms. The van der Waals surface area contributed by atoms with E-state index in [2.05, 4.69) is 26.3 Å². The van der Waals surface area contributed by atoms with Crippen LogP contribution in [0.1, 0.15) is 74.4 Å². The van der Waals surface area contributed by atoms with Crippen LogP contribution < -0.4 is 11.0 Å².